The summed E-state index contributed by atoms with van der Waals surface area (Å²) in [4.78, 5) is 0.174. The summed E-state index contributed by atoms with van der Waals surface area (Å²) < 4.78 is 39.2. The summed E-state index contributed by atoms with van der Waals surface area (Å²) in [5, 5.41) is 0.275. The minimum Gasteiger partial charge on any atom is -0.493 e. The van der Waals surface area contributed by atoms with E-state index in [1.165, 1.54) is 6.20 Å². The summed E-state index contributed by atoms with van der Waals surface area (Å²) in [6.45, 7) is 8.12. The molecule has 30 heavy (non-hydrogen) atoms. The molecule has 0 spiro atoms. The first-order chi connectivity index (χ1) is 14.1. The van der Waals surface area contributed by atoms with Crippen LogP contribution in [0.2, 0.25) is 5.02 Å². The number of aromatic nitrogens is 1. The summed E-state index contributed by atoms with van der Waals surface area (Å²) >= 11 is 6.38. The van der Waals surface area contributed by atoms with E-state index in [0.717, 1.165) is 21.5 Å². The van der Waals surface area contributed by atoms with Crippen molar-refractivity contribution < 1.29 is 17.6 Å². The van der Waals surface area contributed by atoms with Gasteiger partial charge in [0.25, 0.3) is 10.0 Å². The molecule has 7 heteroatoms. The van der Waals surface area contributed by atoms with Crippen LogP contribution in [0.4, 0.5) is 0 Å². The van der Waals surface area contributed by atoms with E-state index in [1.54, 1.807) is 43.5 Å². The largest absolute Gasteiger partial charge is 0.493 e. The molecule has 5 nitrogen and oxygen atoms in total. The Morgan fingerprint density at radius 2 is 1.90 bits per heavy atom. The lowest BCUT2D eigenvalue weighted by atomic mass is 10.1. The van der Waals surface area contributed by atoms with Crippen molar-refractivity contribution in [3.8, 4) is 17.2 Å². The van der Waals surface area contributed by atoms with Crippen molar-refractivity contribution in [1.29, 1.82) is 0 Å². The first-order valence-corrected chi connectivity index (χ1v) is 11.5. The van der Waals surface area contributed by atoms with Crippen LogP contribution in [0.3, 0.4) is 0 Å². The summed E-state index contributed by atoms with van der Waals surface area (Å²) in [5.41, 5.74) is 2.16. The molecule has 0 N–H and O–H groups in total. The second kappa shape index (κ2) is 8.74. The highest BCUT2D eigenvalue weighted by molar-refractivity contribution is 7.90. The van der Waals surface area contributed by atoms with Gasteiger partial charge < -0.3 is 9.15 Å². The van der Waals surface area contributed by atoms with E-state index < -0.39 is 10.0 Å². The van der Waals surface area contributed by atoms with Gasteiger partial charge in [-0.25, -0.2) is 12.4 Å². The zero-order valence-corrected chi connectivity index (χ0v) is 19.3. The highest BCUT2D eigenvalue weighted by atomic mass is 35.5. The standard InChI is InChI=1S/C23H26ClNO4S/c1-15(2)6-9-17(4)23-21(28-5)14-20(29-23)22-19(24)12-13-25(22)30(26,27)18-10-7-16(3)8-11-18/h7-15H,6H2,1-5H3/b17-9+. The van der Waals surface area contributed by atoms with Gasteiger partial charge in [-0.05, 0) is 50.0 Å². The Morgan fingerprint density at radius 3 is 2.50 bits per heavy atom. The first kappa shape index (κ1) is 22.2. The predicted molar refractivity (Wildman–Crippen MR) is 121 cm³/mol. The molecule has 0 saturated heterocycles. The Morgan fingerprint density at radius 1 is 1.23 bits per heavy atom. The zero-order valence-electron chi connectivity index (χ0n) is 17.8. The fourth-order valence-electron chi connectivity index (χ4n) is 3.06. The summed E-state index contributed by atoms with van der Waals surface area (Å²) in [7, 11) is -2.30. The smallest absolute Gasteiger partial charge is 0.268 e. The van der Waals surface area contributed by atoms with Crippen LogP contribution in [0.15, 0.2) is 58.0 Å². The fourth-order valence-corrected chi connectivity index (χ4v) is 4.71. The summed E-state index contributed by atoms with van der Waals surface area (Å²) in [6.07, 6.45) is 4.41. The molecule has 3 rings (SSSR count). The number of aryl methyl sites for hydroxylation is 1. The van der Waals surface area contributed by atoms with E-state index in [1.807, 2.05) is 13.8 Å². The molecule has 0 saturated carbocycles. The van der Waals surface area contributed by atoms with Gasteiger partial charge >= 0.3 is 0 Å². The molecule has 160 valence electrons. The van der Waals surface area contributed by atoms with Gasteiger partial charge in [0.2, 0.25) is 0 Å². The van der Waals surface area contributed by atoms with Crippen molar-refractivity contribution in [2.75, 3.05) is 7.11 Å². The average Bonchev–Trinajstić information content (AvgIpc) is 3.30. The number of hydrogen-bond donors (Lipinski definition) is 0. The summed E-state index contributed by atoms with van der Waals surface area (Å²) in [5.74, 6) is 1.92. The van der Waals surface area contributed by atoms with Gasteiger partial charge in [0, 0.05) is 12.3 Å². The zero-order chi connectivity index (χ0) is 22.1. The van der Waals surface area contributed by atoms with Crippen molar-refractivity contribution in [3.63, 3.8) is 0 Å². The number of ether oxygens (including phenoxy) is 1. The van der Waals surface area contributed by atoms with Gasteiger partial charge in [0.05, 0.1) is 17.0 Å². The molecule has 0 fully saturated rings. The molecule has 1 aromatic carbocycles. The molecule has 0 amide bonds. The molecule has 0 aliphatic rings. The van der Waals surface area contributed by atoms with Gasteiger partial charge in [-0.15, -0.1) is 0 Å². The van der Waals surface area contributed by atoms with E-state index in [2.05, 4.69) is 19.9 Å². The van der Waals surface area contributed by atoms with E-state index in [9.17, 15) is 8.42 Å². The number of furan rings is 1. The second-order valence-electron chi connectivity index (χ2n) is 7.65. The molecule has 2 aromatic heterocycles. The van der Waals surface area contributed by atoms with Gasteiger partial charge in [0.1, 0.15) is 5.69 Å². The Hall–Kier alpha value is -2.44. The van der Waals surface area contributed by atoms with Crippen LogP contribution in [-0.2, 0) is 10.0 Å². The van der Waals surface area contributed by atoms with Crippen LogP contribution in [0.25, 0.3) is 17.0 Å². The Bertz CT molecular complexity index is 1170. The first-order valence-electron chi connectivity index (χ1n) is 9.69. The molecule has 0 unspecified atom stereocenters. The minimum absolute atomic E-state index is 0.174. The maximum atomic E-state index is 13.2. The maximum Gasteiger partial charge on any atom is 0.268 e. The van der Waals surface area contributed by atoms with Crippen LogP contribution in [0.1, 0.15) is 38.5 Å². The lowest BCUT2D eigenvalue weighted by molar-refractivity contribution is 0.403. The molecule has 0 bridgehead atoms. The summed E-state index contributed by atoms with van der Waals surface area (Å²) in [6, 6.07) is 9.89. The van der Waals surface area contributed by atoms with Gasteiger partial charge in [-0.2, -0.15) is 0 Å². The topological polar surface area (TPSA) is 61.4 Å². The SMILES string of the molecule is COc1cc(-c2c(Cl)ccn2S(=O)(=O)c2ccc(C)cc2)oc1/C(C)=C/CC(C)C. The van der Waals surface area contributed by atoms with Crippen LogP contribution in [0.5, 0.6) is 5.75 Å². The average molecular weight is 448 g/mol. The van der Waals surface area contributed by atoms with Crippen LogP contribution < -0.4 is 4.74 Å². The lowest BCUT2D eigenvalue weighted by Crippen LogP contribution is -2.13. The predicted octanol–water partition coefficient (Wildman–Crippen LogP) is 6.40. The molecule has 0 radical (unpaired) electrons. The number of hydrogen-bond acceptors (Lipinski definition) is 4. The van der Waals surface area contributed by atoms with Crippen molar-refractivity contribution in [2.24, 2.45) is 5.92 Å². The Kier molecular flexibility index (Phi) is 6.48. The quantitative estimate of drug-likeness (QED) is 0.420. The second-order valence-corrected chi connectivity index (χ2v) is 9.87. The molecule has 0 aliphatic heterocycles. The number of allylic oxidation sites excluding steroid dienone is 2. The maximum absolute atomic E-state index is 13.2. The number of benzene rings is 1. The van der Waals surface area contributed by atoms with Crippen LogP contribution >= 0.6 is 11.6 Å². The highest BCUT2D eigenvalue weighted by Crippen LogP contribution is 2.39. The van der Waals surface area contributed by atoms with Gasteiger partial charge in [-0.3, -0.25) is 0 Å². The third-order valence-electron chi connectivity index (χ3n) is 4.79. The number of halogens is 1. The van der Waals surface area contributed by atoms with Gasteiger partial charge in [-0.1, -0.05) is 49.2 Å². The third-order valence-corrected chi connectivity index (χ3v) is 6.78. The molecule has 2 heterocycles. The van der Waals surface area contributed by atoms with Crippen molar-refractivity contribution in [2.45, 2.75) is 39.0 Å². The molecule has 0 atom stereocenters. The van der Waals surface area contributed by atoms with Crippen molar-refractivity contribution in [1.82, 2.24) is 3.97 Å². The molecule has 0 aliphatic carbocycles. The Balaban J connectivity index is 2.11. The normalized spacial score (nSPS) is 12.6. The van der Waals surface area contributed by atoms with Crippen molar-refractivity contribution in [3.05, 3.63) is 65.0 Å². The van der Waals surface area contributed by atoms with E-state index in [4.69, 9.17) is 20.8 Å². The van der Waals surface area contributed by atoms with E-state index >= 15 is 0 Å². The Labute approximate surface area is 183 Å². The fraction of sp³-hybridized carbons (Fsp3) is 0.304. The lowest BCUT2D eigenvalue weighted by Gasteiger charge is -2.10. The van der Waals surface area contributed by atoms with E-state index in [0.29, 0.717) is 23.2 Å². The number of methoxy groups -OCH3 is 1. The molecular weight excluding hydrogens is 422 g/mol. The van der Waals surface area contributed by atoms with Crippen LogP contribution in [-0.4, -0.2) is 19.5 Å². The van der Waals surface area contributed by atoms with Crippen LogP contribution in [0, 0.1) is 12.8 Å². The molecule has 3 aromatic rings. The highest BCUT2D eigenvalue weighted by Gasteiger charge is 2.26. The monoisotopic (exact) mass is 447 g/mol. The third kappa shape index (κ3) is 4.35. The van der Waals surface area contributed by atoms with Gasteiger partial charge in [0.15, 0.2) is 17.3 Å². The number of rotatable bonds is 7. The van der Waals surface area contributed by atoms with Crippen molar-refractivity contribution >= 4 is 27.2 Å². The number of nitrogens with zero attached hydrogens (tertiary/aromatic N) is 1. The van der Waals surface area contributed by atoms with E-state index in [-0.39, 0.29) is 15.6 Å². The minimum atomic E-state index is -3.85. The molecular formula is C23H26ClNO4S.